The van der Waals surface area contributed by atoms with Crippen molar-refractivity contribution < 1.29 is 28.1 Å². The van der Waals surface area contributed by atoms with E-state index in [4.69, 9.17) is 23.7 Å². The van der Waals surface area contributed by atoms with Crippen LogP contribution in [0.3, 0.4) is 0 Å². The Morgan fingerprint density at radius 3 is 2.22 bits per heavy atom. The van der Waals surface area contributed by atoms with Crippen LogP contribution in [0.25, 0.3) is 0 Å². The van der Waals surface area contributed by atoms with Gasteiger partial charge in [0.2, 0.25) is 0 Å². The van der Waals surface area contributed by atoms with Crippen molar-refractivity contribution >= 4 is 0 Å². The summed E-state index contributed by atoms with van der Waals surface area (Å²) < 4.78 is 42.0. The molecule has 0 aromatic rings. The first-order chi connectivity index (χ1) is 8.27. The topological polar surface area (TPSA) is 46.2 Å². The van der Waals surface area contributed by atoms with Gasteiger partial charge in [0.25, 0.3) is 0 Å². The Morgan fingerprint density at radius 2 is 1.67 bits per heavy atom. The van der Waals surface area contributed by atoms with E-state index in [0.717, 1.165) is 0 Å². The molecule has 0 aromatic carbocycles. The number of rotatable bonds is 1. The molecule has 3 heterocycles. The number of fused-ring (bicyclic) bond motifs is 1. The van der Waals surface area contributed by atoms with Crippen molar-refractivity contribution in [1.29, 1.82) is 0 Å². The van der Waals surface area contributed by atoms with E-state index >= 15 is 0 Å². The van der Waals surface area contributed by atoms with E-state index in [9.17, 15) is 4.39 Å². The number of hydrogen-bond donors (Lipinski definition) is 0. The summed E-state index contributed by atoms with van der Waals surface area (Å²) in [5.74, 6) is -1.48. The van der Waals surface area contributed by atoms with Crippen molar-refractivity contribution in [2.24, 2.45) is 0 Å². The highest BCUT2D eigenvalue weighted by molar-refractivity contribution is 4.97. The Labute approximate surface area is 105 Å². The summed E-state index contributed by atoms with van der Waals surface area (Å²) in [7, 11) is 0. The fourth-order valence-electron chi connectivity index (χ4n) is 2.67. The van der Waals surface area contributed by atoms with Gasteiger partial charge in [-0.2, -0.15) is 0 Å². The van der Waals surface area contributed by atoms with Gasteiger partial charge in [0.15, 0.2) is 24.0 Å². The second kappa shape index (κ2) is 3.86. The molecular weight excluding hydrogens is 243 g/mol. The van der Waals surface area contributed by atoms with Crippen LogP contribution in [0.4, 0.5) is 4.39 Å². The van der Waals surface area contributed by atoms with E-state index in [1.165, 1.54) is 0 Å². The van der Waals surface area contributed by atoms with Crippen molar-refractivity contribution in [3.63, 3.8) is 0 Å². The summed E-state index contributed by atoms with van der Waals surface area (Å²) >= 11 is 0. The molecule has 5 atom stereocenters. The Bertz CT molecular complexity index is 345. The molecule has 3 aliphatic rings. The molecule has 0 saturated carbocycles. The lowest BCUT2D eigenvalue weighted by molar-refractivity contribution is -0.227. The van der Waals surface area contributed by atoms with Crippen LogP contribution < -0.4 is 0 Å². The number of alkyl halides is 1. The maximum Gasteiger partial charge on any atom is 0.190 e. The highest BCUT2D eigenvalue weighted by Gasteiger charge is 2.58. The summed E-state index contributed by atoms with van der Waals surface area (Å²) in [5, 5.41) is 0. The Balaban J connectivity index is 1.68. The van der Waals surface area contributed by atoms with Gasteiger partial charge < -0.3 is 23.7 Å². The van der Waals surface area contributed by atoms with Crippen LogP contribution in [0.2, 0.25) is 0 Å². The fourth-order valence-corrected chi connectivity index (χ4v) is 2.67. The van der Waals surface area contributed by atoms with Crippen LogP contribution in [-0.2, 0) is 23.7 Å². The lowest BCUT2D eigenvalue weighted by Crippen LogP contribution is -2.40. The van der Waals surface area contributed by atoms with Crippen molar-refractivity contribution in [3.05, 3.63) is 0 Å². The number of ether oxygens (including phenoxy) is 5. The first kappa shape index (κ1) is 12.7. The average molecular weight is 262 g/mol. The van der Waals surface area contributed by atoms with E-state index in [1.54, 1.807) is 27.7 Å². The molecule has 3 saturated heterocycles. The van der Waals surface area contributed by atoms with E-state index < -0.39 is 42.3 Å². The highest BCUT2D eigenvalue weighted by atomic mass is 19.1. The molecule has 6 heteroatoms. The van der Waals surface area contributed by atoms with E-state index in [2.05, 4.69) is 0 Å². The maximum atomic E-state index is 14.3. The molecule has 3 fully saturated rings. The van der Waals surface area contributed by atoms with Crippen molar-refractivity contribution in [1.82, 2.24) is 0 Å². The van der Waals surface area contributed by atoms with Gasteiger partial charge in [-0.3, -0.25) is 0 Å². The molecule has 18 heavy (non-hydrogen) atoms. The van der Waals surface area contributed by atoms with Crippen molar-refractivity contribution in [2.45, 2.75) is 70.0 Å². The van der Waals surface area contributed by atoms with Gasteiger partial charge in [0, 0.05) is 0 Å². The zero-order chi connectivity index (χ0) is 13.1. The molecule has 0 bridgehead atoms. The van der Waals surface area contributed by atoms with Crippen LogP contribution in [0.1, 0.15) is 27.7 Å². The van der Waals surface area contributed by atoms with Crippen LogP contribution in [0.5, 0.6) is 0 Å². The third-order valence-corrected chi connectivity index (χ3v) is 3.40. The van der Waals surface area contributed by atoms with Crippen molar-refractivity contribution in [2.75, 3.05) is 6.61 Å². The molecule has 5 nitrogen and oxygen atoms in total. The predicted octanol–water partition coefficient (Wildman–Crippen LogP) is 1.35. The summed E-state index contributed by atoms with van der Waals surface area (Å²) in [6, 6.07) is 0. The molecule has 0 N–H and O–H groups in total. The van der Waals surface area contributed by atoms with Crippen LogP contribution in [-0.4, -0.2) is 49.0 Å². The minimum atomic E-state index is -1.26. The molecule has 0 aliphatic carbocycles. The molecule has 0 aromatic heterocycles. The predicted molar refractivity (Wildman–Crippen MR) is 58.5 cm³/mol. The lowest BCUT2D eigenvalue weighted by Gasteiger charge is -2.25. The SMILES string of the molecule is CC1(C)O[C@H]2O[C@@H]([C@H]3COC(C)(C)O3)[C@@H](F)[C@H]2O1. The molecule has 0 amide bonds. The van der Waals surface area contributed by atoms with E-state index in [1.807, 2.05) is 0 Å². The largest absolute Gasteiger partial charge is 0.348 e. The molecule has 0 radical (unpaired) electrons. The van der Waals surface area contributed by atoms with Gasteiger partial charge in [-0.05, 0) is 27.7 Å². The van der Waals surface area contributed by atoms with Crippen LogP contribution >= 0.6 is 0 Å². The first-order valence-corrected chi connectivity index (χ1v) is 6.24. The number of hydrogen-bond acceptors (Lipinski definition) is 5. The molecule has 104 valence electrons. The van der Waals surface area contributed by atoms with Gasteiger partial charge in [0.1, 0.15) is 18.3 Å². The second-order valence-electron chi connectivity index (χ2n) is 5.88. The Hall–Kier alpha value is -0.270. The minimum absolute atomic E-state index is 0.320. The second-order valence-corrected chi connectivity index (χ2v) is 5.88. The smallest absolute Gasteiger partial charge is 0.190 e. The average Bonchev–Trinajstić information content (AvgIpc) is 2.81. The van der Waals surface area contributed by atoms with Crippen LogP contribution in [0, 0.1) is 0 Å². The van der Waals surface area contributed by atoms with Gasteiger partial charge in [-0.25, -0.2) is 4.39 Å². The zero-order valence-corrected chi connectivity index (χ0v) is 11.0. The third-order valence-electron chi connectivity index (χ3n) is 3.40. The summed E-state index contributed by atoms with van der Waals surface area (Å²) in [4.78, 5) is 0. The first-order valence-electron chi connectivity index (χ1n) is 6.24. The normalized spacial score (nSPS) is 49.5. The zero-order valence-electron chi connectivity index (χ0n) is 11.0. The monoisotopic (exact) mass is 262 g/mol. The highest BCUT2D eigenvalue weighted by Crippen LogP contribution is 2.41. The quantitative estimate of drug-likeness (QED) is 0.714. The standard InChI is InChI=1S/C12H19FO5/c1-11(2)14-5-6(16-11)8-7(13)9-10(15-8)18-12(3,4)17-9/h6-10H,5H2,1-4H3/t6-,7-,8+,9-,10-/m1/s1. The van der Waals surface area contributed by atoms with E-state index in [-0.39, 0.29) is 0 Å². The third kappa shape index (κ3) is 2.06. The van der Waals surface area contributed by atoms with Gasteiger partial charge >= 0.3 is 0 Å². The molecule has 0 spiro atoms. The van der Waals surface area contributed by atoms with Crippen LogP contribution in [0.15, 0.2) is 0 Å². The Kier molecular flexibility index (Phi) is 2.74. The fraction of sp³-hybridized carbons (Fsp3) is 1.00. The maximum absolute atomic E-state index is 14.3. The van der Waals surface area contributed by atoms with Gasteiger partial charge in [-0.15, -0.1) is 0 Å². The molecule has 3 aliphatic heterocycles. The summed E-state index contributed by atoms with van der Waals surface area (Å²) in [6.45, 7) is 7.41. The van der Waals surface area contributed by atoms with E-state index in [0.29, 0.717) is 6.61 Å². The Morgan fingerprint density at radius 1 is 0.944 bits per heavy atom. The minimum Gasteiger partial charge on any atom is -0.348 e. The summed E-state index contributed by atoms with van der Waals surface area (Å²) in [6.07, 6.45) is -3.72. The van der Waals surface area contributed by atoms with Crippen molar-refractivity contribution in [3.8, 4) is 0 Å². The number of halogens is 1. The summed E-state index contributed by atoms with van der Waals surface area (Å²) in [5.41, 5.74) is 0. The van der Waals surface area contributed by atoms with Gasteiger partial charge in [0.05, 0.1) is 6.61 Å². The molecule has 0 unspecified atom stereocenters. The lowest BCUT2D eigenvalue weighted by atomic mass is 10.1. The molecule has 3 rings (SSSR count). The molecular formula is C12H19FO5. The van der Waals surface area contributed by atoms with Gasteiger partial charge in [-0.1, -0.05) is 0 Å².